The van der Waals surface area contributed by atoms with Crippen molar-refractivity contribution in [3.05, 3.63) is 187 Å². The molecule has 25 nitrogen and oxygen atoms in total. The first-order chi connectivity index (χ1) is 69.1. The molecule has 12 rings (SSSR count). The number of benzene rings is 3. The van der Waals surface area contributed by atoms with Gasteiger partial charge in [-0.15, -0.1) is 10.2 Å². The predicted molar refractivity (Wildman–Crippen MR) is 492 cm³/mol. The lowest BCUT2D eigenvalue weighted by molar-refractivity contribution is -0.144. The molecule has 6 aromatic heterocycles. The molecule has 149 heavy (non-hydrogen) atoms. The number of sulfone groups is 1. The monoisotopic (exact) mass is 2170 g/mol. The molecule has 3 aromatic carbocycles. The van der Waals surface area contributed by atoms with Gasteiger partial charge in [0.2, 0.25) is 5.95 Å². The molecule has 0 N–H and O–H groups in total. The molecule has 0 spiro atoms. The van der Waals surface area contributed by atoms with Crippen molar-refractivity contribution in [3.63, 3.8) is 0 Å². The van der Waals surface area contributed by atoms with Gasteiger partial charge in [0.25, 0.3) is 11.9 Å². The average molecular weight is 2170 g/mol. The standard InChI is InChI=1S/C36H42F9N5O4S.2C30H34F9N7O/c1-5-49(20-25-8-6-24(7-9-25)12-22(2)51)32-27(15-30(17-46-32)36(43,44)45)21-50(33-47-18-31(19-48-33)54-10-11-55(4,52)53)23(3)26-13-28(34(37,38)39)16-29(14-26)35(40,41)42;2*1-4-45(15-20-7-5-19(6-8-20)9-18(2)47)26-22(12-25(14-40-26)30(37,38)39)17-46(27-41-43-44(3)42-27)16-21-10-23(28(31,32)33)13-24(11-21)29(34,35)36/h13-19,23-25H,5-12,20-21H2,1-4H3;2*10-14,19-20H,4-9,15-17H2,1-3H3. The van der Waals surface area contributed by atoms with E-state index in [1.165, 1.54) is 27.9 Å². The van der Waals surface area contributed by atoms with E-state index in [0.717, 1.165) is 138 Å². The molecule has 820 valence electrons. The summed E-state index contributed by atoms with van der Waals surface area (Å²) in [5.41, 5.74) is -13.9. The van der Waals surface area contributed by atoms with Crippen LogP contribution in [-0.4, -0.2) is 149 Å². The molecule has 1 unspecified atom stereocenters. The lowest BCUT2D eigenvalue weighted by atomic mass is 9.79. The fourth-order valence-electron chi connectivity index (χ4n) is 18.4. The van der Waals surface area contributed by atoms with E-state index in [4.69, 9.17) is 4.74 Å². The molecule has 3 aliphatic carbocycles. The quantitative estimate of drug-likeness (QED) is 0.0327. The molecule has 3 aliphatic rings. The van der Waals surface area contributed by atoms with E-state index < -0.39 is 171 Å². The van der Waals surface area contributed by atoms with Gasteiger partial charge >= 0.3 is 55.6 Å². The van der Waals surface area contributed by atoms with Crippen molar-refractivity contribution in [1.29, 1.82) is 0 Å². The highest BCUT2D eigenvalue weighted by Crippen LogP contribution is 2.47. The summed E-state index contributed by atoms with van der Waals surface area (Å²) in [6.07, 6.45) is -28.8. The summed E-state index contributed by atoms with van der Waals surface area (Å²) in [6, 6.07) is 4.39. The highest BCUT2D eigenvalue weighted by Gasteiger charge is 2.45. The minimum absolute atomic E-state index is 0.00402. The van der Waals surface area contributed by atoms with Crippen LogP contribution < -0.4 is 34.1 Å². The van der Waals surface area contributed by atoms with Crippen LogP contribution in [0.3, 0.4) is 0 Å². The van der Waals surface area contributed by atoms with E-state index in [0.29, 0.717) is 114 Å². The number of carbonyl (C=O) groups is 3. The molecule has 6 heterocycles. The minimum atomic E-state index is -5.17. The molecule has 3 saturated carbocycles. The molecule has 53 heteroatoms. The number of alkyl halides is 27. The Morgan fingerprint density at radius 2 is 0.624 bits per heavy atom. The number of ketones is 3. The fourth-order valence-corrected chi connectivity index (χ4v) is 18.7. The number of ether oxygens (including phenoxy) is 1. The molecular weight excluding hydrogens is 2060 g/mol. The van der Waals surface area contributed by atoms with Crippen molar-refractivity contribution in [3.8, 4) is 5.75 Å². The number of tetrazole rings is 2. The van der Waals surface area contributed by atoms with Crippen LogP contribution in [0.5, 0.6) is 5.75 Å². The van der Waals surface area contributed by atoms with Crippen LogP contribution in [0.2, 0.25) is 0 Å². The van der Waals surface area contributed by atoms with Crippen LogP contribution in [0, 0.1) is 35.5 Å². The summed E-state index contributed by atoms with van der Waals surface area (Å²) in [4.78, 5) is 66.5. The Morgan fingerprint density at radius 1 is 0.356 bits per heavy atom. The molecule has 0 aliphatic heterocycles. The van der Waals surface area contributed by atoms with Crippen LogP contribution in [0.4, 0.5) is 154 Å². The van der Waals surface area contributed by atoms with Crippen LogP contribution in [0.1, 0.15) is 234 Å². The van der Waals surface area contributed by atoms with Gasteiger partial charge < -0.3 is 48.5 Å². The Morgan fingerprint density at radius 3 is 0.872 bits per heavy atom. The highest BCUT2D eigenvalue weighted by molar-refractivity contribution is 7.90. The van der Waals surface area contributed by atoms with Gasteiger partial charge in [0.1, 0.15) is 41.4 Å². The summed E-state index contributed by atoms with van der Waals surface area (Å²) < 4.78 is 401. The van der Waals surface area contributed by atoms with Crippen molar-refractivity contribution in [2.75, 3.05) is 87.3 Å². The van der Waals surface area contributed by atoms with E-state index in [-0.39, 0.29) is 141 Å². The zero-order valence-corrected chi connectivity index (χ0v) is 83.0. The van der Waals surface area contributed by atoms with Crippen LogP contribution in [0.15, 0.2) is 104 Å². The number of pyridine rings is 3. The van der Waals surface area contributed by atoms with Gasteiger partial charge in [0, 0.05) is 126 Å². The molecule has 0 radical (unpaired) electrons. The van der Waals surface area contributed by atoms with Crippen molar-refractivity contribution >= 4 is 62.5 Å². The lowest BCUT2D eigenvalue weighted by Crippen LogP contribution is -2.35. The Labute approximate surface area is 839 Å². The maximum absolute atomic E-state index is 14.1. The summed E-state index contributed by atoms with van der Waals surface area (Å²) >= 11 is 0. The van der Waals surface area contributed by atoms with Crippen LogP contribution in [0.25, 0.3) is 0 Å². The van der Waals surface area contributed by atoms with Gasteiger partial charge in [-0.25, -0.2) is 33.3 Å². The van der Waals surface area contributed by atoms with Gasteiger partial charge in [-0.05, 0) is 261 Å². The number of rotatable bonds is 37. The summed E-state index contributed by atoms with van der Waals surface area (Å²) in [5, 5.41) is 23.1. The second-order valence-corrected chi connectivity index (χ2v) is 39.9. The first-order valence-electron chi connectivity index (χ1n) is 47.2. The third-order valence-corrected chi connectivity index (χ3v) is 26.6. The number of hydrogen-bond acceptors (Lipinski definition) is 23. The number of anilines is 6. The SMILES string of the molecule is CCN(CC1CCC(CC(C)=O)CC1)c1ncc(C(F)(F)F)cc1CN(Cc1cc(C(F)(F)F)cc(C(F)(F)F)c1)c1nnn(C)n1.CCN(CC1CCC(CC(C)=O)CC1)c1ncc(C(F)(F)F)cc1CN(Cc1cc(C(F)(F)F)cc(C(F)(F)F)c1)c1nnn(C)n1.CCN(CC1CCC(CC(C)=O)CC1)c1ncc(C(F)(F)F)cc1CN(c1ncc(OCCS(C)(=O)=O)cn1)C(C)c1cc(C(F)(F)F)cc(C(F)(F)F)c1. The third kappa shape index (κ3) is 35.0. The van der Waals surface area contributed by atoms with Crippen molar-refractivity contribution in [2.45, 2.75) is 239 Å². The summed E-state index contributed by atoms with van der Waals surface area (Å²) in [5.74, 6) is 0.929. The Bertz CT molecular complexity index is 5760. The van der Waals surface area contributed by atoms with E-state index in [1.54, 1.807) is 49.3 Å². The van der Waals surface area contributed by atoms with Gasteiger partial charge in [0.15, 0.2) is 15.6 Å². The first kappa shape index (κ1) is 119. The van der Waals surface area contributed by atoms with E-state index in [9.17, 15) is 141 Å². The average Bonchev–Trinajstić information content (AvgIpc) is 1.57. The minimum Gasteiger partial charge on any atom is -0.489 e. The number of halogens is 27. The number of aromatic nitrogens is 13. The number of Topliss-reactive ketones (excluding diaryl/α,β-unsaturated/α-hetero) is 3. The molecule has 0 saturated heterocycles. The number of aryl methyl sites for hydroxylation is 2. The van der Waals surface area contributed by atoms with Gasteiger partial charge in [-0.3, -0.25) is 0 Å². The predicted octanol–water partition coefficient (Wildman–Crippen LogP) is 23.7. The van der Waals surface area contributed by atoms with Gasteiger partial charge in [-0.2, -0.15) is 128 Å². The topological polar surface area (TPSA) is 266 Å². The van der Waals surface area contributed by atoms with E-state index in [1.807, 2.05) is 0 Å². The highest BCUT2D eigenvalue weighted by atomic mass is 32.2. The van der Waals surface area contributed by atoms with Crippen LogP contribution >= 0.6 is 0 Å². The maximum atomic E-state index is 14.1. The molecule has 0 amide bonds. The zero-order chi connectivity index (χ0) is 110. The molecule has 3 fully saturated rings. The smallest absolute Gasteiger partial charge is 0.417 e. The fraction of sp³-hybridized carbons (Fsp3) is 0.562. The van der Waals surface area contributed by atoms with Crippen molar-refractivity contribution < 1.29 is 146 Å². The molecule has 9 aromatic rings. The normalized spacial score (nSPS) is 17.5. The zero-order valence-electron chi connectivity index (χ0n) is 82.2. The number of carbonyl (C=O) groups excluding carboxylic acids is 3. The number of hydrogen-bond donors (Lipinski definition) is 0. The second-order valence-electron chi connectivity index (χ2n) is 37.6. The third-order valence-electron chi connectivity index (χ3n) is 25.7. The molecule has 0 bridgehead atoms. The Balaban J connectivity index is 0.000000229. The van der Waals surface area contributed by atoms with Gasteiger partial charge in [0.05, 0.1) is 94.9 Å². The Hall–Kier alpha value is -12.0. The van der Waals surface area contributed by atoms with Crippen molar-refractivity contribution in [2.24, 2.45) is 49.6 Å². The molecule has 1 atom stereocenters. The molecular formula is C96H110F27N19O6S. The van der Waals surface area contributed by atoms with E-state index >= 15 is 0 Å². The second kappa shape index (κ2) is 49.0. The first-order valence-corrected chi connectivity index (χ1v) is 49.3. The number of nitrogens with zero attached hydrogens (tertiary/aromatic N) is 19. The van der Waals surface area contributed by atoms with Crippen molar-refractivity contribution in [1.82, 2.24) is 65.3 Å². The maximum Gasteiger partial charge on any atom is 0.417 e. The lowest BCUT2D eigenvalue weighted by Gasteiger charge is -2.35. The summed E-state index contributed by atoms with van der Waals surface area (Å²) in [6.45, 7) is 10.6. The summed E-state index contributed by atoms with van der Waals surface area (Å²) in [7, 11) is -0.647. The van der Waals surface area contributed by atoms with E-state index in [2.05, 4.69) is 55.7 Å². The van der Waals surface area contributed by atoms with Crippen LogP contribution in [-0.2, 0) is 127 Å². The Kier molecular flexibility index (Phi) is 39.1. The largest absolute Gasteiger partial charge is 0.489 e. The van der Waals surface area contributed by atoms with Gasteiger partial charge in [-0.1, -0.05) is 10.2 Å².